The van der Waals surface area contributed by atoms with E-state index in [1.807, 2.05) is 0 Å². The number of benzene rings is 2. The zero-order valence-electron chi connectivity index (χ0n) is 12.1. The lowest BCUT2D eigenvalue weighted by Gasteiger charge is -2.15. The summed E-state index contributed by atoms with van der Waals surface area (Å²) in [6, 6.07) is 12.5. The van der Waals surface area contributed by atoms with Crippen molar-refractivity contribution in [3.05, 3.63) is 70.8 Å². The Balaban J connectivity index is 2.43. The van der Waals surface area contributed by atoms with Gasteiger partial charge in [-0.2, -0.15) is 8.42 Å². The predicted molar refractivity (Wildman–Crippen MR) is 83.3 cm³/mol. The largest absolute Gasteiger partial charge is 0.392 e. The van der Waals surface area contributed by atoms with Crippen LogP contribution in [0.5, 0.6) is 0 Å². The smallest absolute Gasteiger partial charge is 0.269 e. The first-order valence-electron chi connectivity index (χ1n) is 6.77. The Morgan fingerprint density at radius 2 is 1.70 bits per heavy atom. The predicted octanol–water partition coefficient (Wildman–Crippen LogP) is 1.48. The van der Waals surface area contributed by atoms with Crippen molar-refractivity contribution >= 4 is 15.9 Å². The number of carbonyl (C=O) groups is 1. The molecule has 0 aliphatic rings. The maximum Gasteiger partial charge on any atom is 0.269 e. The van der Waals surface area contributed by atoms with Gasteiger partial charge in [0.1, 0.15) is 11.9 Å². The number of ketones is 1. The van der Waals surface area contributed by atoms with Crippen molar-refractivity contribution in [3.63, 3.8) is 0 Å². The van der Waals surface area contributed by atoms with E-state index in [1.165, 1.54) is 18.2 Å². The average Bonchev–Trinajstić information content (AvgIpc) is 2.52. The van der Waals surface area contributed by atoms with Gasteiger partial charge < -0.3 is 10.2 Å². The second-order valence-electron chi connectivity index (χ2n) is 5.01. The molecule has 0 spiro atoms. The molecule has 0 bridgehead atoms. The summed E-state index contributed by atoms with van der Waals surface area (Å²) in [6.07, 6.45) is -1.43. The number of rotatable bonds is 6. The van der Waals surface area contributed by atoms with E-state index in [1.54, 1.807) is 30.3 Å². The zero-order valence-corrected chi connectivity index (χ0v) is 12.9. The fourth-order valence-corrected chi connectivity index (χ4v) is 2.98. The van der Waals surface area contributed by atoms with Crippen molar-refractivity contribution in [1.29, 1.82) is 0 Å². The Labute approximate surface area is 133 Å². The molecule has 1 atom stereocenters. The maximum absolute atomic E-state index is 12.5. The second kappa shape index (κ2) is 7.01. The fourth-order valence-electron chi connectivity index (χ4n) is 2.32. The lowest BCUT2D eigenvalue weighted by atomic mass is 9.94. The normalized spacial score (nSPS) is 12.8. The molecule has 0 heterocycles. The molecule has 2 aromatic rings. The molecule has 0 aliphatic heterocycles. The molecule has 6 nitrogen and oxygen atoms in total. The monoisotopic (exact) mass is 336 g/mol. The molecule has 0 radical (unpaired) electrons. The van der Waals surface area contributed by atoms with Crippen molar-refractivity contribution in [3.8, 4) is 0 Å². The van der Waals surface area contributed by atoms with Crippen LogP contribution in [0, 0.1) is 0 Å². The van der Waals surface area contributed by atoms with Gasteiger partial charge in [-0.3, -0.25) is 9.35 Å². The molecule has 0 amide bonds. The number of carbonyl (C=O) groups excluding carboxylic acids is 1. The summed E-state index contributed by atoms with van der Waals surface area (Å²) in [5.41, 5.74) is 0.595. The molecule has 0 saturated carbocycles. The highest BCUT2D eigenvalue weighted by Crippen LogP contribution is 2.24. The third kappa shape index (κ3) is 4.23. The van der Waals surface area contributed by atoms with Crippen molar-refractivity contribution in [2.24, 2.45) is 0 Å². The summed E-state index contributed by atoms with van der Waals surface area (Å²) >= 11 is 0. The summed E-state index contributed by atoms with van der Waals surface area (Å²) in [5, 5.41) is 19.7. The van der Waals surface area contributed by atoms with Crippen LogP contribution in [0.4, 0.5) is 0 Å². The summed E-state index contributed by atoms with van der Waals surface area (Å²) in [6.45, 7) is -0.589. The first-order valence-corrected chi connectivity index (χ1v) is 8.38. The van der Waals surface area contributed by atoms with Crippen LogP contribution in [-0.4, -0.2) is 29.0 Å². The highest BCUT2D eigenvalue weighted by molar-refractivity contribution is 7.85. The molecule has 0 saturated heterocycles. The molecular weight excluding hydrogens is 320 g/mol. The molecule has 1 unspecified atom stereocenters. The van der Waals surface area contributed by atoms with Crippen LogP contribution in [0.2, 0.25) is 0 Å². The Kier molecular flexibility index (Phi) is 5.27. The highest BCUT2D eigenvalue weighted by atomic mass is 32.2. The van der Waals surface area contributed by atoms with Crippen molar-refractivity contribution < 1.29 is 28.0 Å². The topological polar surface area (TPSA) is 112 Å². The van der Waals surface area contributed by atoms with Crippen LogP contribution in [-0.2, 0) is 22.5 Å². The summed E-state index contributed by atoms with van der Waals surface area (Å²) in [7, 11) is -4.31. The van der Waals surface area contributed by atoms with E-state index in [0.717, 1.165) is 0 Å². The van der Waals surface area contributed by atoms with E-state index in [-0.39, 0.29) is 16.7 Å². The molecular formula is C16H16O6S. The molecule has 0 fully saturated rings. The summed E-state index contributed by atoms with van der Waals surface area (Å²) in [5.74, 6) is -1.37. The molecule has 2 aromatic carbocycles. The number of aliphatic hydroxyl groups excluding tert-OH is 2. The van der Waals surface area contributed by atoms with E-state index in [0.29, 0.717) is 5.56 Å². The second-order valence-corrected chi connectivity index (χ2v) is 6.46. The first-order chi connectivity index (χ1) is 10.8. The van der Waals surface area contributed by atoms with Gasteiger partial charge in [0.2, 0.25) is 0 Å². The van der Waals surface area contributed by atoms with Crippen LogP contribution in [0.1, 0.15) is 33.2 Å². The Hall–Kier alpha value is -2.06. The van der Waals surface area contributed by atoms with Crippen LogP contribution in [0.3, 0.4) is 0 Å². The number of hydrogen-bond acceptors (Lipinski definition) is 5. The van der Waals surface area contributed by atoms with Crippen molar-refractivity contribution in [2.45, 2.75) is 18.5 Å². The number of aliphatic hydroxyl groups is 2. The van der Waals surface area contributed by atoms with Gasteiger partial charge in [-0.05, 0) is 16.7 Å². The quantitative estimate of drug-likeness (QED) is 0.544. The zero-order chi connectivity index (χ0) is 17.0. The standard InChI is InChI=1S/C16H16O6S/c17-9-14-12(10-23(20,21)22)7-4-8-13(14)16(19)15(18)11-5-2-1-3-6-11/h1-8,15,17-18H,9-10H2,(H,20,21,22). The van der Waals surface area contributed by atoms with Crippen LogP contribution >= 0.6 is 0 Å². The van der Waals surface area contributed by atoms with Crippen molar-refractivity contribution in [1.82, 2.24) is 0 Å². The molecule has 122 valence electrons. The minimum atomic E-state index is -4.31. The third-order valence-corrected chi connectivity index (χ3v) is 4.07. The van der Waals surface area contributed by atoms with Crippen LogP contribution < -0.4 is 0 Å². The van der Waals surface area contributed by atoms with E-state index >= 15 is 0 Å². The van der Waals surface area contributed by atoms with Gasteiger partial charge >= 0.3 is 0 Å². The first kappa shape index (κ1) is 17.3. The van der Waals surface area contributed by atoms with Crippen LogP contribution in [0.15, 0.2) is 48.5 Å². The molecule has 3 N–H and O–H groups in total. The fraction of sp³-hybridized carbons (Fsp3) is 0.188. The molecule has 7 heteroatoms. The lowest BCUT2D eigenvalue weighted by molar-refractivity contribution is 0.0744. The highest BCUT2D eigenvalue weighted by Gasteiger charge is 2.23. The summed E-state index contributed by atoms with van der Waals surface area (Å²) in [4.78, 5) is 12.5. The van der Waals surface area contributed by atoms with Crippen LogP contribution in [0.25, 0.3) is 0 Å². The average molecular weight is 336 g/mol. The van der Waals surface area contributed by atoms with Gasteiger partial charge in [0, 0.05) is 5.56 Å². The number of Topliss-reactive ketones (excluding diaryl/α,β-unsaturated/α-hetero) is 1. The Morgan fingerprint density at radius 3 is 2.26 bits per heavy atom. The van der Waals surface area contributed by atoms with Gasteiger partial charge in [0.15, 0.2) is 5.78 Å². The van der Waals surface area contributed by atoms with Gasteiger partial charge in [-0.15, -0.1) is 0 Å². The van der Waals surface area contributed by atoms with Gasteiger partial charge in [-0.1, -0.05) is 48.5 Å². The van der Waals surface area contributed by atoms with Gasteiger partial charge in [0.05, 0.1) is 6.61 Å². The Bertz CT molecular complexity index is 799. The molecule has 23 heavy (non-hydrogen) atoms. The maximum atomic E-state index is 12.5. The number of hydrogen-bond donors (Lipinski definition) is 3. The van der Waals surface area contributed by atoms with Gasteiger partial charge in [-0.25, -0.2) is 0 Å². The lowest BCUT2D eigenvalue weighted by Crippen LogP contribution is -2.16. The molecule has 2 rings (SSSR count). The molecule has 0 aliphatic carbocycles. The molecule has 0 aromatic heterocycles. The minimum Gasteiger partial charge on any atom is -0.392 e. The summed E-state index contributed by atoms with van der Waals surface area (Å²) < 4.78 is 31.1. The minimum absolute atomic E-state index is 0.0185. The van der Waals surface area contributed by atoms with E-state index < -0.39 is 34.4 Å². The third-order valence-electron chi connectivity index (χ3n) is 3.40. The Morgan fingerprint density at radius 1 is 1.04 bits per heavy atom. The van der Waals surface area contributed by atoms with Crippen molar-refractivity contribution in [2.75, 3.05) is 0 Å². The SMILES string of the molecule is O=C(c1cccc(CS(=O)(=O)O)c1CO)C(O)c1ccccc1. The van der Waals surface area contributed by atoms with E-state index in [2.05, 4.69) is 0 Å². The van der Waals surface area contributed by atoms with E-state index in [4.69, 9.17) is 4.55 Å². The van der Waals surface area contributed by atoms with E-state index in [9.17, 15) is 23.4 Å². The van der Waals surface area contributed by atoms with Gasteiger partial charge in [0.25, 0.3) is 10.1 Å².